The Bertz CT molecular complexity index is 274. The van der Waals surface area contributed by atoms with Crippen molar-refractivity contribution < 1.29 is 4.39 Å². The van der Waals surface area contributed by atoms with Crippen LogP contribution in [0.1, 0.15) is 16.7 Å². The highest BCUT2D eigenvalue weighted by Gasteiger charge is 1.92. The van der Waals surface area contributed by atoms with Crippen LogP contribution in [-0.2, 0) is 0 Å². The van der Waals surface area contributed by atoms with Crippen molar-refractivity contribution >= 4 is 6.08 Å². The third kappa shape index (κ3) is 1.90. The Morgan fingerprint density at radius 1 is 1.27 bits per heavy atom. The monoisotopic (exact) mass is 150 g/mol. The average molecular weight is 150 g/mol. The summed E-state index contributed by atoms with van der Waals surface area (Å²) in [4.78, 5) is 0. The van der Waals surface area contributed by atoms with Crippen molar-refractivity contribution in [3.05, 3.63) is 41.2 Å². The molecule has 0 atom stereocenters. The first-order valence-electron chi connectivity index (χ1n) is 3.58. The summed E-state index contributed by atoms with van der Waals surface area (Å²) in [5, 5.41) is 0. The first-order chi connectivity index (χ1) is 5.24. The average Bonchev–Trinajstić information content (AvgIpc) is 1.95. The molecule has 1 heteroatoms. The van der Waals surface area contributed by atoms with Crippen molar-refractivity contribution in [3.63, 3.8) is 0 Å². The summed E-state index contributed by atoms with van der Waals surface area (Å²) in [5.41, 5.74) is 3.26. The van der Waals surface area contributed by atoms with Crippen molar-refractivity contribution in [3.8, 4) is 0 Å². The second kappa shape index (κ2) is 3.33. The fourth-order valence-corrected chi connectivity index (χ4v) is 1.08. The lowest BCUT2D eigenvalue weighted by atomic mass is 10.1. The molecule has 1 aromatic rings. The number of rotatable bonds is 1. The molecule has 0 aliphatic heterocycles. The number of aryl methyl sites for hydroxylation is 2. The van der Waals surface area contributed by atoms with E-state index in [9.17, 15) is 4.39 Å². The third-order valence-electron chi connectivity index (χ3n) is 1.67. The molecule has 0 radical (unpaired) electrons. The van der Waals surface area contributed by atoms with Crippen molar-refractivity contribution in [1.82, 2.24) is 0 Å². The lowest BCUT2D eigenvalue weighted by molar-refractivity contribution is 0.727. The largest absolute Gasteiger partial charge is 0.216 e. The van der Waals surface area contributed by atoms with Gasteiger partial charge in [0.25, 0.3) is 0 Å². The van der Waals surface area contributed by atoms with Gasteiger partial charge in [-0.05, 0) is 31.1 Å². The second-order valence-electron chi connectivity index (χ2n) is 2.65. The summed E-state index contributed by atoms with van der Waals surface area (Å²) >= 11 is 0. The van der Waals surface area contributed by atoms with E-state index in [4.69, 9.17) is 0 Å². The minimum atomic E-state index is 0.567. The fraction of sp³-hybridized carbons (Fsp3) is 0.200. The number of benzene rings is 1. The molecule has 0 aromatic heterocycles. The topological polar surface area (TPSA) is 0 Å². The van der Waals surface area contributed by atoms with Gasteiger partial charge in [0.05, 0.1) is 6.33 Å². The molecule has 0 aliphatic carbocycles. The van der Waals surface area contributed by atoms with Gasteiger partial charge in [-0.3, -0.25) is 0 Å². The van der Waals surface area contributed by atoms with Gasteiger partial charge in [-0.15, -0.1) is 0 Å². The third-order valence-corrected chi connectivity index (χ3v) is 1.67. The molecule has 1 rings (SSSR count). The lowest BCUT2D eigenvalue weighted by Gasteiger charge is -1.99. The molecule has 0 amide bonds. The Morgan fingerprint density at radius 3 is 2.55 bits per heavy atom. The Balaban J connectivity index is 3.09. The predicted molar refractivity (Wildman–Crippen MR) is 46.1 cm³/mol. The highest BCUT2D eigenvalue weighted by molar-refractivity contribution is 5.53. The van der Waals surface area contributed by atoms with Crippen molar-refractivity contribution in [2.75, 3.05) is 0 Å². The van der Waals surface area contributed by atoms with E-state index < -0.39 is 0 Å². The first-order valence-corrected chi connectivity index (χ1v) is 3.58. The van der Waals surface area contributed by atoms with Gasteiger partial charge in [0, 0.05) is 0 Å². The molecular weight excluding hydrogens is 139 g/mol. The standard InChI is InChI=1S/C10H11F/c1-8-3-4-10(5-6-11)9(2)7-8/h3-7H,1-2H3/b6-5+. The van der Waals surface area contributed by atoms with Gasteiger partial charge in [-0.2, -0.15) is 0 Å². The van der Waals surface area contributed by atoms with E-state index in [0.717, 1.165) is 11.1 Å². The predicted octanol–water partition coefficient (Wildman–Crippen LogP) is 3.24. The maximum Gasteiger partial charge on any atom is 0.0872 e. The molecule has 0 heterocycles. The maximum atomic E-state index is 11.8. The lowest BCUT2D eigenvalue weighted by Crippen LogP contribution is -1.80. The molecule has 0 unspecified atom stereocenters. The van der Waals surface area contributed by atoms with Crippen molar-refractivity contribution in [2.45, 2.75) is 13.8 Å². The Morgan fingerprint density at radius 2 is 2.00 bits per heavy atom. The van der Waals surface area contributed by atoms with Crippen LogP contribution in [-0.4, -0.2) is 0 Å². The molecule has 0 bridgehead atoms. The number of hydrogen-bond acceptors (Lipinski definition) is 0. The van der Waals surface area contributed by atoms with Crippen molar-refractivity contribution in [1.29, 1.82) is 0 Å². The Labute approximate surface area is 66.4 Å². The first kappa shape index (κ1) is 7.99. The van der Waals surface area contributed by atoms with E-state index in [1.807, 2.05) is 32.0 Å². The van der Waals surface area contributed by atoms with Crippen LogP contribution in [0.2, 0.25) is 0 Å². The van der Waals surface area contributed by atoms with Crippen LogP contribution < -0.4 is 0 Å². The van der Waals surface area contributed by atoms with Crippen LogP contribution >= 0.6 is 0 Å². The van der Waals surface area contributed by atoms with Crippen LogP contribution in [0.25, 0.3) is 6.08 Å². The summed E-state index contributed by atoms with van der Waals surface area (Å²) in [7, 11) is 0. The quantitative estimate of drug-likeness (QED) is 0.576. The molecule has 0 fully saturated rings. The molecule has 0 spiro atoms. The summed E-state index contributed by atoms with van der Waals surface area (Å²) in [6.45, 7) is 4.00. The van der Waals surface area contributed by atoms with Crippen LogP contribution in [0.5, 0.6) is 0 Å². The fourth-order valence-electron chi connectivity index (χ4n) is 1.08. The molecule has 0 saturated heterocycles. The molecule has 0 N–H and O–H groups in total. The highest BCUT2D eigenvalue weighted by atomic mass is 19.1. The zero-order valence-corrected chi connectivity index (χ0v) is 6.76. The van der Waals surface area contributed by atoms with Crippen molar-refractivity contribution in [2.24, 2.45) is 0 Å². The molecular formula is C10H11F. The van der Waals surface area contributed by atoms with Gasteiger partial charge in [-0.25, -0.2) is 4.39 Å². The number of halogens is 1. The van der Waals surface area contributed by atoms with Crippen LogP contribution in [0.4, 0.5) is 4.39 Å². The molecule has 0 aliphatic rings. The molecule has 1 aromatic carbocycles. The van der Waals surface area contributed by atoms with Gasteiger partial charge < -0.3 is 0 Å². The van der Waals surface area contributed by atoms with E-state index in [-0.39, 0.29) is 0 Å². The minimum absolute atomic E-state index is 0.567. The summed E-state index contributed by atoms with van der Waals surface area (Å²) in [6.07, 6.45) is 2.03. The van der Waals surface area contributed by atoms with Gasteiger partial charge in [-0.1, -0.05) is 23.8 Å². The summed E-state index contributed by atoms with van der Waals surface area (Å²) in [5.74, 6) is 0. The van der Waals surface area contributed by atoms with Crippen LogP contribution in [0, 0.1) is 13.8 Å². The summed E-state index contributed by atoms with van der Waals surface area (Å²) in [6, 6.07) is 5.93. The van der Waals surface area contributed by atoms with Gasteiger partial charge in [0.15, 0.2) is 0 Å². The molecule has 0 saturated carbocycles. The Kier molecular flexibility index (Phi) is 2.42. The van der Waals surface area contributed by atoms with Gasteiger partial charge in [0.1, 0.15) is 0 Å². The smallest absolute Gasteiger partial charge is 0.0872 e. The van der Waals surface area contributed by atoms with E-state index in [2.05, 4.69) is 0 Å². The van der Waals surface area contributed by atoms with E-state index in [0.29, 0.717) is 6.33 Å². The zero-order chi connectivity index (χ0) is 8.27. The van der Waals surface area contributed by atoms with E-state index >= 15 is 0 Å². The van der Waals surface area contributed by atoms with E-state index in [1.54, 1.807) is 0 Å². The SMILES string of the molecule is Cc1ccc(/C=C/F)c(C)c1. The maximum absolute atomic E-state index is 11.8. The molecule has 11 heavy (non-hydrogen) atoms. The van der Waals surface area contributed by atoms with E-state index in [1.165, 1.54) is 11.6 Å². The Hall–Kier alpha value is -1.11. The minimum Gasteiger partial charge on any atom is -0.216 e. The number of hydrogen-bond donors (Lipinski definition) is 0. The summed E-state index contributed by atoms with van der Waals surface area (Å²) < 4.78 is 11.8. The highest BCUT2D eigenvalue weighted by Crippen LogP contribution is 2.11. The van der Waals surface area contributed by atoms with Gasteiger partial charge >= 0.3 is 0 Å². The molecule has 58 valence electrons. The van der Waals surface area contributed by atoms with Gasteiger partial charge in [0.2, 0.25) is 0 Å². The van der Waals surface area contributed by atoms with Crippen LogP contribution in [0.15, 0.2) is 24.5 Å². The zero-order valence-electron chi connectivity index (χ0n) is 6.76. The normalized spacial score (nSPS) is 10.8. The molecule has 0 nitrogen and oxygen atoms in total. The second-order valence-corrected chi connectivity index (χ2v) is 2.65. The van der Waals surface area contributed by atoms with Crippen LogP contribution in [0.3, 0.4) is 0 Å².